The molecule has 3 aromatic rings. The number of hydrogen-bond donors (Lipinski definition) is 1. The molecule has 4 heterocycles. The van der Waals surface area contributed by atoms with Gasteiger partial charge in [-0.1, -0.05) is 30.7 Å². The standard InChI is InChI=1S/C32H35FN4O3/c33-25-17-23-28-31(29(25)36-18-21-9-3-1-2-4-10-22(21)19-36)40-27-12-6-5-11-26(27)37(28)20-24(30(23)38)32(39)34-13-16-35-14-7-8-15-35/h3,5-6,9,11-12,17,20-22H,1-2,4,7-8,10,13-16,18-19H2,(H,34,39)/b9-3+. The van der Waals surface area contributed by atoms with Crippen LogP contribution in [0.1, 0.15) is 48.9 Å². The lowest BCUT2D eigenvalue weighted by atomic mass is 9.88. The summed E-state index contributed by atoms with van der Waals surface area (Å²) in [6.45, 7) is 4.74. The maximum absolute atomic E-state index is 16.1. The molecule has 2 fully saturated rings. The summed E-state index contributed by atoms with van der Waals surface area (Å²) < 4.78 is 24.3. The summed E-state index contributed by atoms with van der Waals surface area (Å²) in [5.41, 5.74) is 1.15. The fourth-order valence-corrected chi connectivity index (χ4v) is 6.98. The van der Waals surface area contributed by atoms with Crippen molar-refractivity contribution >= 4 is 22.5 Å². The highest BCUT2D eigenvalue weighted by Crippen LogP contribution is 2.48. The SMILES string of the molecule is O=C(NCCN1CCCC1)c1cn2c3c(c(N4CC5/C=C/CCCCC5C4)c(F)cc3c1=O)Oc1ccccc1-2. The summed E-state index contributed by atoms with van der Waals surface area (Å²) in [6.07, 6.45) is 13.1. The van der Waals surface area contributed by atoms with Crippen molar-refractivity contribution < 1.29 is 13.9 Å². The first-order valence-corrected chi connectivity index (χ1v) is 14.7. The summed E-state index contributed by atoms with van der Waals surface area (Å²) in [7, 11) is 0. The Morgan fingerprint density at radius 1 is 1.10 bits per heavy atom. The molecule has 1 aromatic heterocycles. The van der Waals surface area contributed by atoms with Gasteiger partial charge in [0.25, 0.3) is 5.91 Å². The van der Waals surface area contributed by atoms with Gasteiger partial charge in [-0.15, -0.1) is 0 Å². The molecule has 40 heavy (non-hydrogen) atoms. The first kappa shape index (κ1) is 25.3. The number of carbonyl (C=O) groups excluding carboxylic acids is 1. The molecule has 3 aliphatic heterocycles. The van der Waals surface area contributed by atoms with Crippen molar-refractivity contribution in [2.24, 2.45) is 11.8 Å². The van der Waals surface area contributed by atoms with E-state index >= 15 is 4.39 Å². The minimum absolute atomic E-state index is 0.00792. The number of allylic oxidation sites excluding steroid dienone is 1. The summed E-state index contributed by atoms with van der Waals surface area (Å²) in [5.74, 6) is 0.820. The topological polar surface area (TPSA) is 66.8 Å². The average molecular weight is 543 g/mol. The molecule has 4 aliphatic rings. The molecule has 8 heteroatoms. The molecule has 0 bridgehead atoms. The van der Waals surface area contributed by atoms with Crippen LogP contribution in [0.2, 0.25) is 0 Å². The second kappa shape index (κ2) is 10.4. The maximum Gasteiger partial charge on any atom is 0.256 e. The second-order valence-electron chi connectivity index (χ2n) is 11.6. The van der Waals surface area contributed by atoms with E-state index in [-0.39, 0.29) is 10.9 Å². The number of amides is 1. The van der Waals surface area contributed by atoms with Crippen LogP contribution >= 0.6 is 0 Å². The molecule has 2 atom stereocenters. The lowest BCUT2D eigenvalue weighted by molar-refractivity contribution is 0.0948. The number of carbonyl (C=O) groups is 1. The first-order valence-electron chi connectivity index (χ1n) is 14.7. The smallest absolute Gasteiger partial charge is 0.256 e. The predicted molar refractivity (Wildman–Crippen MR) is 154 cm³/mol. The van der Waals surface area contributed by atoms with Crippen LogP contribution in [0, 0.1) is 17.7 Å². The van der Waals surface area contributed by atoms with E-state index in [1.807, 2.05) is 28.8 Å². The van der Waals surface area contributed by atoms with Gasteiger partial charge in [0.05, 0.1) is 11.1 Å². The molecule has 2 aromatic carbocycles. The van der Waals surface area contributed by atoms with E-state index in [1.54, 1.807) is 6.20 Å². The van der Waals surface area contributed by atoms with Gasteiger partial charge in [0.1, 0.15) is 16.8 Å². The molecule has 0 spiro atoms. The number of likely N-dealkylation sites (tertiary alicyclic amines) is 1. The van der Waals surface area contributed by atoms with Crippen LogP contribution < -0.4 is 20.4 Å². The Morgan fingerprint density at radius 2 is 1.95 bits per heavy atom. The molecule has 1 N–H and O–H groups in total. The highest BCUT2D eigenvalue weighted by atomic mass is 19.1. The number of ether oxygens (including phenoxy) is 1. The number of benzene rings is 2. The Bertz CT molecular complexity index is 1560. The fraction of sp³-hybridized carbons (Fsp3) is 0.438. The largest absolute Gasteiger partial charge is 0.451 e. The number of rotatable bonds is 5. The molecule has 1 amide bonds. The predicted octanol–water partition coefficient (Wildman–Crippen LogP) is 5.24. The van der Waals surface area contributed by atoms with Crippen molar-refractivity contribution in [3.8, 4) is 17.2 Å². The number of pyridine rings is 1. The van der Waals surface area contributed by atoms with Crippen molar-refractivity contribution in [2.75, 3.05) is 44.2 Å². The van der Waals surface area contributed by atoms with Crippen LogP contribution in [0.5, 0.6) is 11.5 Å². The van der Waals surface area contributed by atoms with Gasteiger partial charge in [0.15, 0.2) is 17.3 Å². The van der Waals surface area contributed by atoms with Gasteiger partial charge in [-0.05, 0) is 75.2 Å². The quantitative estimate of drug-likeness (QED) is 0.349. The number of para-hydroxylation sites is 2. The molecule has 7 rings (SSSR count). The average Bonchev–Trinajstić information content (AvgIpc) is 3.60. The molecule has 2 unspecified atom stereocenters. The molecule has 2 saturated heterocycles. The number of hydrogen-bond acceptors (Lipinski definition) is 5. The van der Waals surface area contributed by atoms with E-state index in [9.17, 15) is 9.59 Å². The highest BCUT2D eigenvalue weighted by Gasteiger charge is 2.37. The molecule has 0 saturated carbocycles. The van der Waals surface area contributed by atoms with Gasteiger partial charge >= 0.3 is 0 Å². The number of fused-ring (bicyclic) bond motifs is 3. The van der Waals surface area contributed by atoms with Crippen LogP contribution in [0.15, 0.2) is 53.5 Å². The van der Waals surface area contributed by atoms with Gasteiger partial charge in [-0.3, -0.25) is 9.59 Å². The van der Waals surface area contributed by atoms with Crippen molar-refractivity contribution in [1.29, 1.82) is 0 Å². The van der Waals surface area contributed by atoms with Crippen LogP contribution in [0.25, 0.3) is 16.6 Å². The minimum Gasteiger partial charge on any atom is -0.451 e. The Hall–Kier alpha value is -3.65. The molecule has 7 nitrogen and oxygen atoms in total. The zero-order valence-corrected chi connectivity index (χ0v) is 22.7. The highest BCUT2D eigenvalue weighted by molar-refractivity contribution is 6.01. The Kier molecular flexibility index (Phi) is 6.58. The normalized spacial score (nSPS) is 22.8. The third-order valence-corrected chi connectivity index (χ3v) is 9.05. The van der Waals surface area contributed by atoms with Gasteiger partial charge in [0.2, 0.25) is 5.43 Å². The second-order valence-corrected chi connectivity index (χ2v) is 11.6. The number of aromatic nitrogens is 1. The van der Waals surface area contributed by atoms with E-state index in [0.29, 0.717) is 47.6 Å². The third kappa shape index (κ3) is 4.38. The summed E-state index contributed by atoms with van der Waals surface area (Å²) >= 11 is 0. The zero-order chi connectivity index (χ0) is 27.2. The fourth-order valence-electron chi connectivity index (χ4n) is 6.98. The van der Waals surface area contributed by atoms with E-state index in [0.717, 1.165) is 44.7 Å². The minimum atomic E-state index is -0.490. The van der Waals surface area contributed by atoms with Gasteiger partial charge in [-0.25, -0.2) is 4.39 Å². The van der Waals surface area contributed by atoms with Crippen LogP contribution in [0.3, 0.4) is 0 Å². The van der Waals surface area contributed by atoms with Crippen molar-refractivity contribution in [3.05, 3.63) is 70.3 Å². The van der Waals surface area contributed by atoms with E-state index < -0.39 is 17.2 Å². The molecule has 208 valence electrons. The summed E-state index contributed by atoms with van der Waals surface area (Å²) in [6, 6.07) is 8.80. The third-order valence-electron chi connectivity index (χ3n) is 9.05. The zero-order valence-electron chi connectivity index (χ0n) is 22.7. The van der Waals surface area contributed by atoms with Gasteiger partial charge in [-0.2, -0.15) is 0 Å². The van der Waals surface area contributed by atoms with Crippen molar-refractivity contribution in [1.82, 2.24) is 14.8 Å². The van der Waals surface area contributed by atoms with E-state index in [2.05, 4.69) is 27.3 Å². The van der Waals surface area contributed by atoms with E-state index in [1.165, 1.54) is 31.7 Å². The number of nitrogens with one attached hydrogen (secondary N) is 1. The van der Waals surface area contributed by atoms with Gasteiger partial charge in [0, 0.05) is 32.4 Å². The van der Waals surface area contributed by atoms with Crippen molar-refractivity contribution in [3.63, 3.8) is 0 Å². The maximum atomic E-state index is 16.1. The lowest BCUT2D eigenvalue weighted by Gasteiger charge is -2.29. The Morgan fingerprint density at radius 3 is 2.83 bits per heavy atom. The molecular formula is C32H35FN4O3. The first-order chi connectivity index (χ1) is 19.6. The van der Waals surface area contributed by atoms with E-state index in [4.69, 9.17) is 4.74 Å². The lowest BCUT2D eigenvalue weighted by Crippen LogP contribution is -2.36. The number of nitrogens with zero attached hydrogens (tertiary/aromatic N) is 3. The number of anilines is 1. The molecule has 1 aliphatic carbocycles. The molecule has 0 radical (unpaired) electrons. The van der Waals surface area contributed by atoms with Gasteiger partial charge < -0.3 is 24.4 Å². The van der Waals surface area contributed by atoms with Crippen LogP contribution in [-0.2, 0) is 0 Å². The monoisotopic (exact) mass is 542 g/mol. The van der Waals surface area contributed by atoms with Crippen LogP contribution in [0.4, 0.5) is 10.1 Å². The van der Waals surface area contributed by atoms with Crippen LogP contribution in [-0.4, -0.2) is 54.6 Å². The molecular weight excluding hydrogens is 507 g/mol. The summed E-state index contributed by atoms with van der Waals surface area (Å²) in [5, 5.41) is 3.07. The van der Waals surface area contributed by atoms with Crippen molar-refractivity contribution in [2.45, 2.75) is 38.5 Å². The Balaban J connectivity index is 1.31. The number of halogens is 1. The summed E-state index contributed by atoms with van der Waals surface area (Å²) in [4.78, 5) is 31.3. The Labute approximate surface area is 233 Å².